The predicted molar refractivity (Wildman–Crippen MR) is 86.3 cm³/mol. The zero-order valence-corrected chi connectivity index (χ0v) is 13.4. The third-order valence-corrected chi connectivity index (χ3v) is 5.46. The Kier molecular flexibility index (Phi) is 4.73. The van der Waals surface area contributed by atoms with Gasteiger partial charge in [0.15, 0.2) is 0 Å². The number of hydrogen-bond donors (Lipinski definition) is 2. The molecule has 2 aliphatic carbocycles. The Balaban J connectivity index is 1.62. The summed E-state index contributed by atoms with van der Waals surface area (Å²) in [6, 6.07) is 3.32. The molecule has 1 aromatic heterocycles. The van der Waals surface area contributed by atoms with Gasteiger partial charge in [0.25, 0.3) is 0 Å². The van der Waals surface area contributed by atoms with Crippen LogP contribution in [0.15, 0.2) is 28.3 Å². The fraction of sp³-hybridized carbons (Fsp3) is 0.600. The van der Waals surface area contributed by atoms with E-state index in [9.17, 15) is 8.42 Å². The van der Waals surface area contributed by atoms with E-state index < -0.39 is 10.0 Å². The van der Waals surface area contributed by atoms with Crippen molar-refractivity contribution in [3.05, 3.63) is 18.3 Å². The Labute approximate surface area is 131 Å². The van der Waals surface area contributed by atoms with Crippen LogP contribution < -0.4 is 10.1 Å². The number of rotatable bonds is 5. The second-order valence-electron chi connectivity index (χ2n) is 5.98. The van der Waals surface area contributed by atoms with E-state index in [0.717, 1.165) is 25.7 Å². The maximum absolute atomic E-state index is 12.0. The van der Waals surface area contributed by atoms with Crippen molar-refractivity contribution in [2.45, 2.75) is 62.3 Å². The van der Waals surface area contributed by atoms with Gasteiger partial charge in [-0.15, -0.1) is 0 Å². The van der Waals surface area contributed by atoms with Crippen molar-refractivity contribution in [2.75, 3.05) is 5.43 Å². The summed E-state index contributed by atoms with van der Waals surface area (Å²) in [7, 11) is -3.43. The van der Waals surface area contributed by atoms with Crippen molar-refractivity contribution < 1.29 is 8.42 Å². The van der Waals surface area contributed by atoms with Gasteiger partial charge in [-0.2, -0.15) is 5.10 Å². The molecule has 0 radical (unpaired) electrons. The summed E-state index contributed by atoms with van der Waals surface area (Å²) in [4.78, 5) is 4.34. The lowest BCUT2D eigenvalue weighted by Crippen LogP contribution is -2.25. The maximum Gasteiger partial charge on any atom is 0.242 e. The van der Waals surface area contributed by atoms with Crippen LogP contribution in [0.3, 0.4) is 0 Å². The van der Waals surface area contributed by atoms with Crippen molar-refractivity contribution in [1.82, 2.24) is 9.71 Å². The maximum atomic E-state index is 12.0. The summed E-state index contributed by atoms with van der Waals surface area (Å²) in [6.45, 7) is 0. The van der Waals surface area contributed by atoms with Gasteiger partial charge in [0, 0.05) is 18.0 Å². The fourth-order valence-electron chi connectivity index (χ4n) is 2.48. The first kappa shape index (κ1) is 15.4. The molecule has 0 aromatic carbocycles. The van der Waals surface area contributed by atoms with Gasteiger partial charge in [0.1, 0.15) is 10.7 Å². The third-order valence-electron chi connectivity index (χ3n) is 3.96. The molecule has 22 heavy (non-hydrogen) atoms. The molecule has 0 amide bonds. The van der Waals surface area contributed by atoms with Gasteiger partial charge >= 0.3 is 0 Å². The minimum atomic E-state index is -3.43. The van der Waals surface area contributed by atoms with Gasteiger partial charge in [0.2, 0.25) is 10.0 Å². The molecule has 0 spiro atoms. The monoisotopic (exact) mass is 322 g/mol. The van der Waals surface area contributed by atoms with E-state index in [0.29, 0.717) is 5.82 Å². The lowest BCUT2D eigenvalue weighted by atomic mass is 10.2. The molecule has 0 aliphatic heterocycles. The summed E-state index contributed by atoms with van der Waals surface area (Å²) in [6.07, 6.45) is 10.2. The van der Waals surface area contributed by atoms with Crippen LogP contribution in [0, 0.1) is 0 Å². The highest BCUT2D eigenvalue weighted by Crippen LogP contribution is 2.22. The van der Waals surface area contributed by atoms with E-state index in [1.807, 2.05) is 0 Å². The Morgan fingerprint density at radius 2 is 1.82 bits per heavy atom. The normalized spacial score (nSPS) is 19.5. The van der Waals surface area contributed by atoms with Gasteiger partial charge in [-0.1, -0.05) is 12.8 Å². The number of pyridine rings is 1. The highest BCUT2D eigenvalue weighted by atomic mass is 32.2. The Hall–Kier alpha value is -1.47. The van der Waals surface area contributed by atoms with Crippen LogP contribution in [0.1, 0.15) is 51.4 Å². The number of sulfonamides is 1. The van der Waals surface area contributed by atoms with Crippen LogP contribution in [-0.2, 0) is 10.0 Å². The summed E-state index contributed by atoms with van der Waals surface area (Å²) < 4.78 is 26.7. The Morgan fingerprint density at radius 1 is 1.09 bits per heavy atom. The van der Waals surface area contributed by atoms with Crippen LogP contribution in [0.5, 0.6) is 0 Å². The molecular formula is C15H22N4O2S. The van der Waals surface area contributed by atoms with Gasteiger partial charge < -0.3 is 0 Å². The largest absolute Gasteiger partial charge is 0.261 e. The second kappa shape index (κ2) is 6.75. The standard InChI is InChI=1S/C15H22N4O2S/c20-22(21,19-13-7-8-13)14-9-10-15(16-11-14)18-17-12-5-3-1-2-4-6-12/h9-11,13,19H,1-8H2,(H,16,18). The number of nitrogens with zero attached hydrogens (tertiary/aromatic N) is 2. The van der Waals surface area contributed by atoms with E-state index in [-0.39, 0.29) is 10.9 Å². The summed E-state index contributed by atoms with van der Waals surface area (Å²) >= 11 is 0. The van der Waals surface area contributed by atoms with Crippen molar-refractivity contribution in [2.24, 2.45) is 5.10 Å². The smallest absolute Gasteiger partial charge is 0.242 e. The average molecular weight is 322 g/mol. The van der Waals surface area contributed by atoms with Crippen LogP contribution in [0.25, 0.3) is 0 Å². The quantitative estimate of drug-likeness (QED) is 0.645. The lowest BCUT2D eigenvalue weighted by molar-refractivity contribution is 0.580. The fourth-order valence-corrected chi connectivity index (χ4v) is 3.73. The molecule has 7 heteroatoms. The van der Waals surface area contributed by atoms with Crippen molar-refractivity contribution in [3.63, 3.8) is 0 Å². The molecule has 2 N–H and O–H groups in total. The topological polar surface area (TPSA) is 83.5 Å². The van der Waals surface area contributed by atoms with Gasteiger partial charge in [-0.25, -0.2) is 18.1 Å². The molecule has 6 nitrogen and oxygen atoms in total. The number of hydrazone groups is 1. The van der Waals surface area contributed by atoms with Crippen molar-refractivity contribution in [1.29, 1.82) is 0 Å². The van der Waals surface area contributed by atoms with E-state index in [4.69, 9.17) is 0 Å². The predicted octanol–water partition coefficient (Wildman–Crippen LogP) is 2.64. The van der Waals surface area contributed by atoms with E-state index >= 15 is 0 Å². The molecule has 2 fully saturated rings. The van der Waals surface area contributed by atoms with E-state index in [2.05, 4.69) is 20.2 Å². The number of anilines is 1. The van der Waals surface area contributed by atoms with E-state index in [1.165, 1.54) is 37.6 Å². The molecule has 0 unspecified atom stereocenters. The molecule has 120 valence electrons. The molecule has 0 saturated heterocycles. The first-order chi connectivity index (χ1) is 10.6. The summed E-state index contributed by atoms with van der Waals surface area (Å²) in [5.74, 6) is 0.571. The van der Waals surface area contributed by atoms with Gasteiger partial charge in [-0.05, 0) is 50.7 Å². The number of aromatic nitrogens is 1. The SMILES string of the molecule is O=S(=O)(NC1CC1)c1ccc(NN=C2CCCCCC2)nc1. The Bertz CT molecular complexity index is 626. The van der Waals surface area contributed by atoms with Crippen LogP contribution >= 0.6 is 0 Å². The molecule has 1 aromatic rings. The lowest BCUT2D eigenvalue weighted by Gasteiger charge is -2.07. The van der Waals surface area contributed by atoms with Crippen molar-refractivity contribution >= 4 is 21.6 Å². The molecule has 0 bridgehead atoms. The van der Waals surface area contributed by atoms with Crippen molar-refractivity contribution in [3.8, 4) is 0 Å². The number of hydrogen-bond acceptors (Lipinski definition) is 5. The minimum absolute atomic E-state index is 0.101. The highest BCUT2D eigenvalue weighted by molar-refractivity contribution is 7.89. The highest BCUT2D eigenvalue weighted by Gasteiger charge is 2.28. The van der Waals surface area contributed by atoms with Crippen LogP contribution in [0.4, 0.5) is 5.82 Å². The van der Waals surface area contributed by atoms with Gasteiger partial charge in [0.05, 0.1) is 0 Å². The molecule has 3 rings (SSSR count). The number of nitrogens with one attached hydrogen (secondary N) is 2. The molecule has 1 heterocycles. The zero-order valence-electron chi connectivity index (χ0n) is 12.6. The van der Waals surface area contributed by atoms with Crippen LogP contribution in [-0.4, -0.2) is 25.2 Å². The zero-order chi connectivity index (χ0) is 15.4. The van der Waals surface area contributed by atoms with Gasteiger partial charge in [-0.3, -0.25) is 5.43 Å². The second-order valence-corrected chi connectivity index (χ2v) is 7.69. The first-order valence-electron chi connectivity index (χ1n) is 7.93. The first-order valence-corrected chi connectivity index (χ1v) is 9.42. The average Bonchev–Trinajstić information content (AvgIpc) is 3.32. The molecule has 0 atom stereocenters. The summed E-state index contributed by atoms with van der Waals surface area (Å²) in [5, 5.41) is 4.40. The molecule has 2 saturated carbocycles. The third kappa shape index (κ3) is 4.27. The summed E-state index contributed by atoms with van der Waals surface area (Å²) in [5.41, 5.74) is 4.11. The van der Waals surface area contributed by atoms with Crippen LogP contribution in [0.2, 0.25) is 0 Å². The molecular weight excluding hydrogens is 300 g/mol. The van der Waals surface area contributed by atoms with E-state index in [1.54, 1.807) is 12.1 Å². The Morgan fingerprint density at radius 3 is 2.41 bits per heavy atom. The molecule has 2 aliphatic rings. The minimum Gasteiger partial charge on any atom is -0.261 e.